The van der Waals surface area contributed by atoms with E-state index in [0.29, 0.717) is 17.9 Å². The lowest BCUT2D eigenvalue weighted by atomic mass is 10.2. The van der Waals surface area contributed by atoms with Gasteiger partial charge in [0.2, 0.25) is 0 Å². The molecule has 2 rings (SSSR count). The van der Waals surface area contributed by atoms with Gasteiger partial charge in [0.15, 0.2) is 0 Å². The Morgan fingerprint density at radius 3 is 2.76 bits per heavy atom. The second-order valence-electron chi connectivity index (χ2n) is 4.87. The van der Waals surface area contributed by atoms with Crippen molar-refractivity contribution < 1.29 is 4.74 Å². The smallest absolute Gasteiger partial charge is 0.137 e. The minimum atomic E-state index is 0.583. The van der Waals surface area contributed by atoms with Crippen LogP contribution in [0.1, 0.15) is 17.7 Å². The van der Waals surface area contributed by atoms with Crippen LogP contribution in [0.15, 0.2) is 48.7 Å². The van der Waals surface area contributed by atoms with Crippen molar-refractivity contribution in [2.24, 2.45) is 0 Å². The fourth-order valence-electron chi connectivity index (χ4n) is 2.05. The van der Waals surface area contributed by atoms with Crippen LogP contribution >= 0.6 is 0 Å². The van der Waals surface area contributed by atoms with Crippen LogP contribution in [-0.2, 0) is 6.54 Å². The van der Waals surface area contributed by atoms with E-state index in [9.17, 15) is 0 Å². The van der Waals surface area contributed by atoms with Gasteiger partial charge in [-0.2, -0.15) is 5.26 Å². The predicted octanol–water partition coefficient (Wildman–Crippen LogP) is 2.85. The summed E-state index contributed by atoms with van der Waals surface area (Å²) in [5, 5.41) is 8.98. The predicted molar refractivity (Wildman–Crippen MR) is 81.8 cm³/mol. The van der Waals surface area contributed by atoms with Gasteiger partial charge in [-0.15, -0.1) is 0 Å². The largest absolute Gasteiger partial charge is 0.492 e. The summed E-state index contributed by atoms with van der Waals surface area (Å²) in [6.45, 7) is 2.35. The van der Waals surface area contributed by atoms with E-state index in [-0.39, 0.29) is 0 Å². The summed E-state index contributed by atoms with van der Waals surface area (Å²) in [6, 6.07) is 15.4. The van der Waals surface area contributed by atoms with Gasteiger partial charge in [-0.05, 0) is 37.7 Å². The second-order valence-corrected chi connectivity index (χ2v) is 4.87. The number of aromatic nitrogens is 1. The molecule has 0 aliphatic rings. The zero-order chi connectivity index (χ0) is 14.9. The number of rotatable bonds is 7. The molecule has 108 valence electrons. The van der Waals surface area contributed by atoms with Crippen molar-refractivity contribution in [1.29, 1.82) is 5.26 Å². The molecule has 2 aromatic rings. The molecule has 0 fully saturated rings. The van der Waals surface area contributed by atoms with E-state index >= 15 is 0 Å². The zero-order valence-electron chi connectivity index (χ0n) is 12.2. The molecule has 4 nitrogen and oxygen atoms in total. The number of ether oxygens (including phenoxy) is 1. The third-order valence-corrected chi connectivity index (χ3v) is 3.11. The molecule has 0 N–H and O–H groups in total. The third-order valence-electron chi connectivity index (χ3n) is 3.11. The summed E-state index contributed by atoms with van der Waals surface area (Å²) in [5.41, 5.74) is 1.65. The van der Waals surface area contributed by atoms with Gasteiger partial charge in [0, 0.05) is 19.3 Å². The topological polar surface area (TPSA) is 49.1 Å². The number of pyridine rings is 1. The highest BCUT2D eigenvalue weighted by atomic mass is 16.5. The lowest BCUT2D eigenvalue weighted by molar-refractivity contribution is 0.257. The normalized spacial score (nSPS) is 10.3. The molecule has 0 radical (unpaired) electrons. The Hall–Kier alpha value is -2.38. The number of hydrogen-bond acceptors (Lipinski definition) is 4. The number of nitriles is 1. The zero-order valence-corrected chi connectivity index (χ0v) is 12.2. The lowest BCUT2D eigenvalue weighted by Gasteiger charge is -2.16. The number of nitrogens with zero attached hydrogens (tertiary/aromatic N) is 3. The lowest BCUT2D eigenvalue weighted by Crippen LogP contribution is -2.21. The fraction of sp³-hybridized carbons (Fsp3) is 0.294. The van der Waals surface area contributed by atoms with Crippen LogP contribution in [0.4, 0.5) is 0 Å². The van der Waals surface area contributed by atoms with Gasteiger partial charge in [-0.3, -0.25) is 4.98 Å². The molecule has 0 saturated heterocycles. The van der Waals surface area contributed by atoms with Crippen molar-refractivity contribution in [3.8, 4) is 11.8 Å². The van der Waals surface area contributed by atoms with Crippen molar-refractivity contribution in [1.82, 2.24) is 9.88 Å². The maximum atomic E-state index is 8.98. The first-order valence-electron chi connectivity index (χ1n) is 7.00. The van der Waals surface area contributed by atoms with E-state index in [0.717, 1.165) is 25.2 Å². The molecule has 1 aromatic heterocycles. The van der Waals surface area contributed by atoms with Crippen LogP contribution in [0, 0.1) is 11.3 Å². The molecular formula is C17H19N3O. The first-order chi connectivity index (χ1) is 10.3. The highest BCUT2D eigenvalue weighted by Gasteiger charge is 2.03. The average Bonchev–Trinajstić information content (AvgIpc) is 2.53. The van der Waals surface area contributed by atoms with Crippen molar-refractivity contribution >= 4 is 0 Å². The molecule has 0 amide bonds. The van der Waals surface area contributed by atoms with Crippen LogP contribution in [0.2, 0.25) is 0 Å². The van der Waals surface area contributed by atoms with E-state index in [4.69, 9.17) is 10.00 Å². The molecule has 0 aliphatic heterocycles. The minimum Gasteiger partial charge on any atom is -0.492 e. The van der Waals surface area contributed by atoms with Crippen LogP contribution in [-0.4, -0.2) is 30.1 Å². The highest BCUT2D eigenvalue weighted by molar-refractivity contribution is 5.42. The van der Waals surface area contributed by atoms with Gasteiger partial charge >= 0.3 is 0 Å². The molecule has 21 heavy (non-hydrogen) atoms. The van der Waals surface area contributed by atoms with Crippen molar-refractivity contribution in [3.63, 3.8) is 0 Å². The summed E-state index contributed by atoms with van der Waals surface area (Å²) in [4.78, 5) is 6.52. The summed E-state index contributed by atoms with van der Waals surface area (Å²) in [7, 11) is 2.07. The fourth-order valence-corrected chi connectivity index (χ4v) is 2.05. The van der Waals surface area contributed by atoms with Crippen LogP contribution < -0.4 is 4.74 Å². The first-order valence-corrected chi connectivity index (χ1v) is 7.00. The van der Waals surface area contributed by atoms with Gasteiger partial charge in [0.05, 0.1) is 17.9 Å². The summed E-state index contributed by atoms with van der Waals surface area (Å²) >= 11 is 0. The molecule has 1 heterocycles. The average molecular weight is 281 g/mol. The van der Waals surface area contributed by atoms with Gasteiger partial charge in [-0.25, -0.2) is 0 Å². The Labute approximate surface area is 125 Å². The number of para-hydroxylation sites is 1. The van der Waals surface area contributed by atoms with Gasteiger partial charge in [-0.1, -0.05) is 18.2 Å². The molecule has 0 atom stereocenters. The van der Waals surface area contributed by atoms with Gasteiger partial charge in [0.25, 0.3) is 0 Å². The molecule has 0 unspecified atom stereocenters. The quantitative estimate of drug-likeness (QED) is 0.732. The monoisotopic (exact) mass is 281 g/mol. The van der Waals surface area contributed by atoms with Crippen molar-refractivity contribution in [2.75, 3.05) is 20.2 Å². The van der Waals surface area contributed by atoms with Gasteiger partial charge in [0.1, 0.15) is 11.8 Å². The maximum Gasteiger partial charge on any atom is 0.137 e. The second kappa shape index (κ2) is 8.03. The van der Waals surface area contributed by atoms with Crippen molar-refractivity contribution in [3.05, 3.63) is 59.9 Å². The third kappa shape index (κ3) is 4.90. The number of hydrogen-bond donors (Lipinski definition) is 0. The van der Waals surface area contributed by atoms with E-state index in [1.807, 2.05) is 42.6 Å². The molecule has 0 spiro atoms. The van der Waals surface area contributed by atoms with Crippen LogP contribution in [0.5, 0.6) is 5.75 Å². The molecule has 0 bridgehead atoms. The molecule has 4 heteroatoms. The SMILES string of the molecule is CN(CCCOc1ccccc1C#N)Cc1ccccn1. The Morgan fingerprint density at radius 2 is 2.00 bits per heavy atom. The Kier molecular flexibility index (Phi) is 5.74. The molecule has 0 saturated carbocycles. The summed E-state index contributed by atoms with van der Waals surface area (Å²) in [5.74, 6) is 0.660. The maximum absolute atomic E-state index is 8.98. The summed E-state index contributed by atoms with van der Waals surface area (Å²) < 4.78 is 5.66. The van der Waals surface area contributed by atoms with E-state index in [1.165, 1.54) is 0 Å². The van der Waals surface area contributed by atoms with Crippen LogP contribution in [0.25, 0.3) is 0 Å². The van der Waals surface area contributed by atoms with E-state index in [2.05, 4.69) is 23.0 Å². The highest BCUT2D eigenvalue weighted by Crippen LogP contribution is 2.16. The molecule has 1 aromatic carbocycles. The van der Waals surface area contributed by atoms with E-state index in [1.54, 1.807) is 6.07 Å². The van der Waals surface area contributed by atoms with Gasteiger partial charge < -0.3 is 9.64 Å². The summed E-state index contributed by atoms with van der Waals surface area (Å²) in [6.07, 6.45) is 2.72. The van der Waals surface area contributed by atoms with E-state index < -0.39 is 0 Å². The molecule has 0 aliphatic carbocycles. The Balaban J connectivity index is 1.71. The standard InChI is InChI=1S/C17H19N3O/c1-20(14-16-8-4-5-10-19-16)11-6-12-21-17-9-3-2-7-15(17)13-18/h2-5,7-10H,6,11-12,14H2,1H3. The molecular weight excluding hydrogens is 262 g/mol. The Morgan fingerprint density at radius 1 is 1.19 bits per heavy atom. The minimum absolute atomic E-state index is 0.583. The first kappa shape index (κ1) is 15.0. The Bertz CT molecular complexity index is 592. The van der Waals surface area contributed by atoms with Crippen LogP contribution in [0.3, 0.4) is 0 Å². The number of benzene rings is 1. The van der Waals surface area contributed by atoms with Crippen molar-refractivity contribution in [2.45, 2.75) is 13.0 Å².